The van der Waals surface area contributed by atoms with E-state index in [1.807, 2.05) is 0 Å². The third-order valence-corrected chi connectivity index (χ3v) is 2.49. The van der Waals surface area contributed by atoms with Crippen molar-refractivity contribution in [2.45, 2.75) is 52.0 Å². The molecule has 0 saturated carbocycles. The van der Waals surface area contributed by atoms with Crippen molar-refractivity contribution in [3.05, 3.63) is 0 Å². The molecule has 0 amide bonds. The standard InChI is InChI=1S/C14H20O11/c1-6(16)22-10(5-15)11(23-7(2)17)12(24-8(3)18)13(14(20)21)25-9(4)19/h10-13,15H,5H2,1-4H3,(H,20,21)/t10-,11+,12+,13-/m1/s1/i1D,2D,3D,4D. The average molecular weight is 368 g/mol. The van der Waals surface area contributed by atoms with Gasteiger partial charge in [0.15, 0.2) is 18.3 Å². The number of carbonyl (C=O) groups excluding carboxylic acids is 4. The summed E-state index contributed by atoms with van der Waals surface area (Å²) in [6.45, 7) is -5.06. The number of carbonyl (C=O) groups is 5. The van der Waals surface area contributed by atoms with Crippen LogP contribution in [0.2, 0.25) is 0 Å². The molecule has 4 atom stereocenters. The summed E-state index contributed by atoms with van der Waals surface area (Å²) < 4.78 is 46.6. The second kappa shape index (κ2) is 10.2. The zero-order valence-electron chi connectivity index (χ0n) is 16.9. The van der Waals surface area contributed by atoms with Gasteiger partial charge in [-0.2, -0.15) is 0 Å². The van der Waals surface area contributed by atoms with E-state index in [0.29, 0.717) is 0 Å². The van der Waals surface area contributed by atoms with Crippen LogP contribution in [0.3, 0.4) is 0 Å². The zero-order chi connectivity index (χ0) is 22.6. The van der Waals surface area contributed by atoms with Crippen LogP contribution in [0.15, 0.2) is 0 Å². The van der Waals surface area contributed by atoms with E-state index in [1.54, 1.807) is 0 Å². The van der Waals surface area contributed by atoms with Gasteiger partial charge in [0.2, 0.25) is 6.10 Å². The summed E-state index contributed by atoms with van der Waals surface area (Å²) in [5.41, 5.74) is 0. The second-order valence-corrected chi connectivity index (χ2v) is 4.37. The van der Waals surface area contributed by atoms with Crippen LogP contribution >= 0.6 is 0 Å². The summed E-state index contributed by atoms with van der Waals surface area (Å²) in [7, 11) is 0. The number of aliphatic hydroxyl groups is 1. The Morgan fingerprint density at radius 3 is 1.68 bits per heavy atom. The molecular formula is C14H20O11. The van der Waals surface area contributed by atoms with Gasteiger partial charge in [-0.3, -0.25) is 19.2 Å². The number of aliphatic hydroxyl groups excluding tert-OH is 1. The van der Waals surface area contributed by atoms with Gasteiger partial charge in [0.25, 0.3) is 0 Å². The lowest BCUT2D eigenvalue weighted by Gasteiger charge is -2.33. The fourth-order valence-corrected chi connectivity index (χ4v) is 1.74. The first-order chi connectivity index (χ1) is 13.6. The highest BCUT2D eigenvalue weighted by Gasteiger charge is 2.46. The first kappa shape index (κ1) is 15.8. The third-order valence-electron chi connectivity index (χ3n) is 2.49. The van der Waals surface area contributed by atoms with Crippen molar-refractivity contribution in [3.63, 3.8) is 0 Å². The van der Waals surface area contributed by atoms with Gasteiger partial charge < -0.3 is 29.2 Å². The molecule has 0 aromatic heterocycles. The minimum absolute atomic E-state index is 0.928. The highest BCUT2D eigenvalue weighted by atomic mass is 16.6. The molecule has 0 heterocycles. The van der Waals surface area contributed by atoms with E-state index in [1.165, 1.54) is 0 Å². The average Bonchev–Trinajstić information content (AvgIpc) is 2.71. The predicted octanol–water partition coefficient (Wildman–Crippen LogP) is -1.21. The number of hydrogen-bond donors (Lipinski definition) is 2. The number of ether oxygens (including phenoxy) is 4. The maximum Gasteiger partial charge on any atom is 0.349 e. The Hall–Kier alpha value is -2.69. The minimum atomic E-state index is -2.38. The van der Waals surface area contributed by atoms with Crippen LogP contribution in [-0.2, 0) is 42.9 Å². The Bertz CT molecular complexity index is 600. The first-order valence-electron chi connectivity index (χ1n) is 9.26. The van der Waals surface area contributed by atoms with Crippen molar-refractivity contribution in [3.8, 4) is 0 Å². The molecule has 0 aliphatic carbocycles. The van der Waals surface area contributed by atoms with Gasteiger partial charge >= 0.3 is 29.8 Å². The molecule has 25 heavy (non-hydrogen) atoms. The third kappa shape index (κ3) is 8.11. The van der Waals surface area contributed by atoms with E-state index in [2.05, 4.69) is 4.74 Å². The highest BCUT2D eigenvalue weighted by Crippen LogP contribution is 2.19. The SMILES string of the molecule is [2H]CC(=O)O[C@H]([C@H](OC(=O)C[2H])[C@@H](OC(=O)C[2H])C(=O)O)[C@@H](CO)OC(=O)C[2H]. The topological polar surface area (TPSA) is 163 Å². The van der Waals surface area contributed by atoms with Crippen LogP contribution in [0.5, 0.6) is 0 Å². The van der Waals surface area contributed by atoms with Crippen LogP contribution in [0.4, 0.5) is 0 Å². The molecule has 0 aliphatic heterocycles. The molecule has 0 radical (unpaired) electrons. The van der Waals surface area contributed by atoms with Crippen molar-refractivity contribution in [1.29, 1.82) is 0 Å². The van der Waals surface area contributed by atoms with Gasteiger partial charge in [-0.15, -0.1) is 0 Å². The molecule has 11 nitrogen and oxygen atoms in total. The summed E-state index contributed by atoms with van der Waals surface area (Å²) in [6, 6.07) is 0. The van der Waals surface area contributed by atoms with Gasteiger partial charge in [-0.1, -0.05) is 0 Å². The molecule has 0 saturated heterocycles. The van der Waals surface area contributed by atoms with Gasteiger partial charge in [0.1, 0.15) is 0 Å². The molecule has 0 aromatic rings. The predicted molar refractivity (Wildman–Crippen MR) is 76.9 cm³/mol. The van der Waals surface area contributed by atoms with Gasteiger partial charge in [-0.25, -0.2) is 4.79 Å². The van der Waals surface area contributed by atoms with Crippen LogP contribution in [0.1, 0.15) is 33.1 Å². The minimum Gasteiger partial charge on any atom is -0.478 e. The maximum atomic E-state index is 11.6. The molecule has 11 heteroatoms. The number of aliphatic carboxylic acids is 1. The van der Waals surface area contributed by atoms with E-state index in [4.69, 9.17) is 19.7 Å². The lowest BCUT2D eigenvalue weighted by atomic mass is 10.0. The fraction of sp³-hybridized carbons (Fsp3) is 0.643. The number of carboxylic acids is 1. The van der Waals surface area contributed by atoms with Crippen molar-refractivity contribution in [1.82, 2.24) is 0 Å². The number of esters is 4. The van der Waals surface area contributed by atoms with Crippen LogP contribution in [-0.4, -0.2) is 71.1 Å². The Morgan fingerprint density at radius 1 is 0.800 bits per heavy atom. The van der Waals surface area contributed by atoms with Gasteiger partial charge in [0.05, 0.1) is 6.61 Å². The van der Waals surface area contributed by atoms with Crippen LogP contribution in [0, 0.1) is 0 Å². The van der Waals surface area contributed by atoms with Gasteiger partial charge in [-0.05, 0) is 0 Å². The van der Waals surface area contributed by atoms with Gasteiger partial charge in [0, 0.05) is 33.1 Å². The Balaban J connectivity index is 6.22. The monoisotopic (exact) mass is 368 g/mol. The quantitative estimate of drug-likeness (QED) is 0.371. The number of hydrogen-bond acceptors (Lipinski definition) is 10. The largest absolute Gasteiger partial charge is 0.478 e. The lowest BCUT2D eigenvalue weighted by Crippen LogP contribution is -2.54. The molecule has 0 aliphatic rings. The molecule has 2 N–H and O–H groups in total. The maximum absolute atomic E-state index is 11.6. The molecule has 0 unspecified atom stereocenters. The number of rotatable bonds is 9. The van der Waals surface area contributed by atoms with E-state index < -0.39 is 88.5 Å². The molecular weight excluding hydrogens is 344 g/mol. The zero-order valence-corrected chi connectivity index (χ0v) is 12.9. The van der Waals surface area contributed by atoms with E-state index in [9.17, 15) is 34.2 Å². The Kier molecular flexibility index (Phi) is 6.47. The Labute approximate surface area is 148 Å². The summed E-state index contributed by atoms with van der Waals surface area (Å²) in [6.07, 6.45) is -8.55. The molecule has 0 bridgehead atoms. The first-order valence-corrected chi connectivity index (χ1v) is 6.43. The second-order valence-electron chi connectivity index (χ2n) is 4.37. The summed E-state index contributed by atoms with van der Waals surface area (Å²) in [5.74, 6) is -7.16. The highest BCUT2D eigenvalue weighted by molar-refractivity contribution is 5.78. The number of carboxylic acid groups (broad SMARTS) is 1. The summed E-state index contributed by atoms with van der Waals surface area (Å²) in [4.78, 5) is 57.6. The van der Waals surface area contributed by atoms with Crippen molar-refractivity contribution in [2.24, 2.45) is 0 Å². The van der Waals surface area contributed by atoms with E-state index in [0.717, 1.165) is 0 Å². The fourth-order valence-electron chi connectivity index (χ4n) is 1.74. The lowest BCUT2D eigenvalue weighted by molar-refractivity contribution is -0.205. The molecule has 0 rings (SSSR count). The van der Waals surface area contributed by atoms with Crippen molar-refractivity contribution < 1.29 is 58.6 Å². The summed E-state index contributed by atoms with van der Waals surface area (Å²) in [5, 5.41) is 18.8. The molecule has 0 spiro atoms. The normalized spacial score (nSPS) is 17.2. The molecule has 142 valence electrons. The van der Waals surface area contributed by atoms with Crippen LogP contribution in [0.25, 0.3) is 0 Å². The molecule has 0 fully saturated rings. The molecule has 0 aromatic carbocycles. The summed E-state index contributed by atoms with van der Waals surface area (Å²) >= 11 is 0. The van der Waals surface area contributed by atoms with Crippen molar-refractivity contribution in [2.75, 3.05) is 6.61 Å². The van der Waals surface area contributed by atoms with Crippen LogP contribution < -0.4 is 0 Å². The van der Waals surface area contributed by atoms with Crippen molar-refractivity contribution >= 4 is 29.8 Å². The Morgan fingerprint density at radius 2 is 1.24 bits per heavy atom. The smallest absolute Gasteiger partial charge is 0.349 e. The van der Waals surface area contributed by atoms with E-state index >= 15 is 0 Å². The van der Waals surface area contributed by atoms with E-state index in [-0.39, 0.29) is 0 Å².